The molecule has 0 aliphatic rings. The summed E-state index contributed by atoms with van der Waals surface area (Å²) in [6.45, 7) is 0. The number of thiazole rings is 1. The molecule has 132 valence electrons. The first-order valence-corrected chi connectivity index (χ1v) is 8.57. The van der Waals surface area contributed by atoms with Crippen LogP contribution in [0.2, 0.25) is 0 Å². The van der Waals surface area contributed by atoms with Crippen molar-refractivity contribution in [1.82, 2.24) is 4.57 Å². The number of hydrogen-bond acceptors (Lipinski definition) is 5. The number of aromatic nitrogens is 1. The van der Waals surface area contributed by atoms with Gasteiger partial charge >= 0.3 is 0 Å². The maximum absolute atomic E-state index is 14.0. The summed E-state index contributed by atoms with van der Waals surface area (Å²) in [5.41, 5.74) is 0.0931. The summed E-state index contributed by atoms with van der Waals surface area (Å²) < 4.78 is 20.7. The third-order valence-electron chi connectivity index (χ3n) is 3.78. The smallest absolute Gasteiger partial charge is 0.273 e. The van der Waals surface area contributed by atoms with E-state index in [0.717, 1.165) is 11.3 Å². The van der Waals surface area contributed by atoms with Crippen LogP contribution >= 0.6 is 11.3 Å². The Bertz CT molecular complexity index is 1240. The fraction of sp³-hybridized carbons (Fsp3) is 0.0500. The second-order valence-electron chi connectivity index (χ2n) is 5.37. The SMILES string of the molecule is COc1ccc(-n2c(=C(C#N)C#N)s/c(=C/c3ccccc3F)c2=O)cc1. The number of nitriles is 2. The van der Waals surface area contributed by atoms with Crippen molar-refractivity contribution in [3.8, 4) is 23.6 Å². The fourth-order valence-corrected chi connectivity index (χ4v) is 3.52. The predicted molar refractivity (Wildman–Crippen MR) is 100 cm³/mol. The Hall–Kier alpha value is -3.68. The van der Waals surface area contributed by atoms with Crippen LogP contribution < -0.4 is 19.5 Å². The number of methoxy groups -OCH3 is 1. The van der Waals surface area contributed by atoms with Crippen molar-refractivity contribution in [2.75, 3.05) is 7.11 Å². The van der Waals surface area contributed by atoms with Crippen molar-refractivity contribution >= 4 is 23.0 Å². The van der Waals surface area contributed by atoms with Gasteiger partial charge in [-0.2, -0.15) is 10.5 Å². The fourth-order valence-electron chi connectivity index (χ4n) is 2.47. The molecule has 0 amide bonds. The van der Waals surface area contributed by atoms with Gasteiger partial charge in [-0.05, 0) is 36.4 Å². The number of halogens is 1. The molecule has 0 unspecified atom stereocenters. The Morgan fingerprint density at radius 3 is 2.41 bits per heavy atom. The van der Waals surface area contributed by atoms with Gasteiger partial charge in [0.05, 0.1) is 17.3 Å². The molecule has 0 bridgehead atoms. The molecule has 0 aliphatic carbocycles. The van der Waals surface area contributed by atoms with Gasteiger partial charge in [0.25, 0.3) is 5.56 Å². The number of ether oxygens (including phenoxy) is 1. The summed E-state index contributed by atoms with van der Waals surface area (Å²) in [6, 6.07) is 16.3. The highest BCUT2D eigenvalue weighted by molar-refractivity contribution is 7.07. The van der Waals surface area contributed by atoms with E-state index in [2.05, 4.69) is 0 Å². The zero-order chi connectivity index (χ0) is 19.4. The van der Waals surface area contributed by atoms with Crippen molar-refractivity contribution in [2.45, 2.75) is 0 Å². The highest BCUT2D eigenvalue weighted by Gasteiger charge is 2.12. The zero-order valence-electron chi connectivity index (χ0n) is 14.1. The lowest BCUT2D eigenvalue weighted by molar-refractivity contribution is 0.414. The third kappa shape index (κ3) is 3.50. The van der Waals surface area contributed by atoms with Crippen LogP contribution in [0.1, 0.15) is 5.56 Å². The largest absolute Gasteiger partial charge is 0.497 e. The van der Waals surface area contributed by atoms with E-state index >= 15 is 0 Å². The Labute approximate surface area is 157 Å². The first-order chi connectivity index (χ1) is 13.1. The van der Waals surface area contributed by atoms with Crippen LogP contribution in [0.15, 0.2) is 53.3 Å². The molecule has 2 aromatic carbocycles. The van der Waals surface area contributed by atoms with Gasteiger partial charge in [0, 0.05) is 5.56 Å². The number of benzene rings is 2. The maximum Gasteiger partial charge on any atom is 0.273 e. The van der Waals surface area contributed by atoms with Crippen LogP contribution in [0.25, 0.3) is 17.3 Å². The topological polar surface area (TPSA) is 78.8 Å². The normalized spacial score (nSPS) is 10.9. The highest BCUT2D eigenvalue weighted by Crippen LogP contribution is 2.13. The quantitative estimate of drug-likeness (QED) is 0.700. The summed E-state index contributed by atoms with van der Waals surface area (Å²) in [5, 5.41) is 18.5. The average molecular weight is 377 g/mol. The minimum atomic E-state index is -0.465. The summed E-state index contributed by atoms with van der Waals surface area (Å²) in [7, 11) is 1.52. The van der Waals surface area contributed by atoms with Crippen LogP contribution in [0.3, 0.4) is 0 Å². The van der Waals surface area contributed by atoms with Crippen LogP contribution in [-0.4, -0.2) is 11.7 Å². The van der Waals surface area contributed by atoms with Gasteiger partial charge in [0.1, 0.15) is 28.4 Å². The summed E-state index contributed by atoms with van der Waals surface area (Å²) >= 11 is 0.967. The van der Waals surface area contributed by atoms with E-state index in [4.69, 9.17) is 4.74 Å². The minimum Gasteiger partial charge on any atom is -0.497 e. The maximum atomic E-state index is 14.0. The van der Waals surface area contributed by atoms with Gasteiger partial charge in [-0.15, -0.1) is 11.3 Å². The van der Waals surface area contributed by atoms with Gasteiger partial charge in [0.2, 0.25) is 0 Å². The van der Waals surface area contributed by atoms with E-state index in [0.29, 0.717) is 11.4 Å². The Morgan fingerprint density at radius 2 is 1.81 bits per heavy atom. The van der Waals surface area contributed by atoms with E-state index in [1.807, 2.05) is 12.1 Å². The van der Waals surface area contributed by atoms with Crippen LogP contribution in [-0.2, 0) is 0 Å². The second-order valence-corrected chi connectivity index (χ2v) is 6.41. The first-order valence-electron chi connectivity index (χ1n) is 7.76. The van der Waals surface area contributed by atoms with Crippen molar-refractivity contribution < 1.29 is 9.13 Å². The standard InChI is InChI=1S/C20H12FN3O2S/c1-26-16-8-6-15(7-9-16)24-19(25)18(27-20(24)14(11-22)12-23)10-13-4-2-3-5-17(13)21/h2-10H,1H3/b18-10+. The van der Waals surface area contributed by atoms with Gasteiger partial charge in [0.15, 0.2) is 5.57 Å². The molecular formula is C20H12FN3O2S. The molecule has 1 heterocycles. The first kappa shape index (κ1) is 18.1. The molecule has 3 aromatic rings. The molecule has 0 N–H and O–H groups in total. The van der Waals surface area contributed by atoms with Crippen LogP contribution in [0, 0.1) is 28.5 Å². The average Bonchev–Trinajstić information content (AvgIpc) is 3.01. The molecule has 1 aromatic heterocycles. The lowest BCUT2D eigenvalue weighted by Crippen LogP contribution is -2.30. The minimum absolute atomic E-state index is 0.192. The lowest BCUT2D eigenvalue weighted by Gasteiger charge is -2.04. The summed E-state index contributed by atoms with van der Waals surface area (Å²) in [6.07, 6.45) is 1.41. The molecule has 0 radical (unpaired) electrons. The molecule has 5 nitrogen and oxygen atoms in total. The molecule has 0 atom stereocenters. The number of nitrogens with zero attached hydrogens (tertiary/aromatic N) is 3. The molecule has 0 saturated heterocycles. The van der Waals surface area contributed by atoms with Crippen molar-refractivity contribution in [2.24, 2.45) is 0 Å². The monoisotopic (exact) mass is 377 g/mol. The Morgan fingerprint density at radius 1 is 1.15 bits per heavy atom. The molecule has 0 fully saturated rings. The lowest BCUT2D eigenvalue weighted by atomic mass is 10.2. The van der Waals surface area contributed by atoms with Crippen molar-refractivity contribution in [3.05, 3.63) is 79.5 Å². The van der Waals surface area contributed by atoms with Crippen molar-refractivity contribution in [3.63, 3.8) is 0 Å². The third-order valence-corrected chi connectivity index (χ3v) is 4.88. The summed E-state index contributed by atoms with van der Waals surface area (Å²) in [5.74, 6) is 0.138. The van der Waals surface area contributed by atoms with E-state index in [-0.39, 0.29) is 20.3 Å². The van der Waals surface area contributed by atoms with Crippen LogP contribution in [0.5, 0.6) is 5.75 Å². The van der Waals surface area contributed by atoms with Crippen molar-refractivity contribution in [1.29, 1.82) is 10.5 Å². The molecule has 7 heteroatoms. The highest BCUT2D eigenvalue weighted by atomic mass is 32.1. The molecular weight excluding hydrogens is 365 g/mol. The van der Waals surface area contributed by atoms with E-state index in [9.17, 15) is 19.7 Å². The molecule has 0 spiro atoms. The van der Waals surface area contributed by atoms with E-state index in [1.165, 1.54) is 23.8 Å². The van der Waals surface area contributed by atoms with E-state index < -0.39 is 11.4 Å². The molecule has 3 rings (SSSR count). The zero-order valence-corrected chi connectivity index (χ0v) is 15.0. The Kier molecular flexibility index (Phi) is 5.16. The van der Waals surface area contributed by atoms with Gasteiger partial charge in [-0.3, -0.25) is 9.36 Å². The number of rotatable bonds is 3. The van der Waals surface area contributed by atoms with Gasteiger partial charge < -0.3 is 4.74 Å². The second kappa shape index (κ2) is 7.69. The number of hydrogen-bond donors (Lipinski definition) is 0. The molecule has 0 saturated carbocycles. The summed E-state index contributed by atoms with van der Waals surface area (Å²) in [4.78, 5) is 13.0. The Balaban J connectivity index is 2.37. The predicted octanol–water partition coefficient (Wildman–Crippen LogP) is 2.07. The van der Waals surface area contributed by atoms with E-state index in [1.54, 1.807) is 42.5 Å². The van der Waals surface area contributed by atoms with Crippen LogP contribution in [0.4, 0.5) is 4.39 Å². The van der Waals surface area contributed by atoms with Gasteiger partial charge in [-0.1, -0.05) is 18.2 Å². The molecule has 0 aliphatic heterocycles. The molecule has 27 heavy (non-hydrogen) atoms. The van der Waals surface area contributed by atoms with Gasteiger partial charge in [-0.25, -0.2) is 4.39 Å².